The molecule has 2 rings (SSSR count). The Hall–Kier alpha value is -1.14. The summed E-state index contributed by atoms with van der Waals surface area (Å²) in [5.41, 5.74) is 0.0491. The molecule has 2 unspecified atom stereocenters. The molecule has 0 amide bonds. The number of ether oxygens (including phenoxy) is 1. The van der Waals surface area contributed by atoms with Gasteiger partial charge in [-0.1, -0.05) is 13.8 Å². The first kappa shape index (κ1) is 15.3. The van der Waals surface area contributed by atoms with E-state index in [4.69, 9.17) is 16.3 Å². The first-order valence-corrected chi connectivity index (χ1v) is 7.38. The van der Waals surface area contributed by atoms with Crippen LogP contribution < -0.4 is 10.6 Å². The second kappa shape index (κ2) is 6.10. The summed E-state index contributed by atoms with van der Waals surface area (Å²) in [7, 11) is 0. The van der Waals surface area contributed by atoms with Gasteiger partial charge < -0.3 is 15.4 Å². The minimum Gasteiger partial charge on any atom is -0.378 e. The first-order chi connectivity index (χ1) is 9.47. The van der Waals surface area contributed by atoms with Crippen LogP contribution in [0.4, 0.5) is 11.9 Å². The fourth-order valence-corrected chi connectivity index (χ4v) is 2.58. The van der Waals surface area contributed by atoms with E-state index in [0.717, 1.165) is 19.6 Å². The average molecular weight is 300 g/mol. The van der Waals surface area contributed by atoms with Gasteiger partial charge in [0.15, 0.2) is 0 Å². The number of aromatic nitrogens is 3. The number of halogens is 1. The van der Waals surface area contributed by atoms with Gasteiger partial charge in [0.05, 0.1) is 6.10 Å². The normalized spacial score (nSPS) is 24.1. The Balaban J connectivity index is 2.04. The molecule has 1 fully saturated rings. The monoisotopic (exact) mass is 299 g/mol. The second-order valence-corrected chi connectivity index (χ2v) is 5.82. The van der Waals surface area contributed by atoms with Crippen LogP contribution in [0.5, 0.6) is 0 Å². The highest BCUT2D eigenvalue weighted by Gasteiger charge is 2.49. The van der Waals surface area contributed by atoms with Gasteiger partial charge >= 0.3 is 0 Å². The van der Waals surface area contributed by atoms with Crippen molar-refractivity contribution in [3.63, 3.8) is 0 Å². The van der Waals surface area contributed by atoms with Crippen LogP contribution in [0.2, 0.25) is 5.28 Å². The molecule has 7 heteroatoms. The van der Waals surface area contributed by atoms with Gasteiger partial charge in [0.25, 0.3) is 0 Å². The highest BCUT2D eigenvalue weighted by Crippen LogP contribution is 2.44. The number of rotatable bonds is 6. The molecule has 1 heterocycles. The summed E-state index contributed by atoms with van der Waals surface area (Å²) in [6, 6.07) is 0.270. The Morgan fingerprint density at radius 3 is 2.55 bits per heavy atom. The number of hydrogen-bond donors (Lipinski definition) is 2. The Morgan fingerprint density at radius 2 is 1.95 bits per heavy atom. The summed E-state index contributed by atoms with van der Waals surface area (Å²) in [6.07, 6.45) is 1.22. The molecule has 1 saturated carbocycles. The van der Waals surface area contributed by atoms with Crippen molar-refractivity contribution < 1.29 is 4.74 Å². The molecular formula is C13H22ClN5O. The Kier molecular flexibility index (Phi) is 4.65. The summed E-state index contributed by atoms with van der Waals surface area (Å²) in [4.78, 5) is 12.5. The van der Waals surface area contributed by atoms with E-state index in [0.29, 0.717) is 11.9 Å². The van der Waals surface area contributed by atoms with Crippen molar-refractivity contribution in [2.75, 3.05) is 23.8 Å². The molecule has 0 spiro atoms. The van der Waals surface area contributed by atoms with E-state index in [2.05, 4.69) is 39.4 Å². The summed E-state index contributed by atoms with van der Waals surface area (Å²) in [6.45, 7) is 9.84. The van der Waals surface area contributed by atoms with Gasteiger partial charge in [0.2, 0.25) is 17.2 Å². The van der Waals surface area contributed by atoms with Crippen molar-refractivity contribution in [1.82, 2.24) is 15.0 Å². The van der Waals surface area contributed by atoms with Gasteiger partial charge in [0.1, 0.15) is 0 Å². The summed E-state index contributed by atoms with van der Waals surface area (Å²) in [5.74, 6) is 1.00. The van der Waals surface area contributed by atoms with E-state index in [9.17, 15) is 0 Å². The molecule has 1 aromatic rings. The fraction of sp³-hybridized carbons (Fsp3) is 0.769. The van der Waals surface area contributed by atoms with Gasteiger partial charge in [-0.3, -0.25) is 0 Å². The predicted molar refractivity (Wildman–Crippen MR) is 80.2 cm³/mol. The average Bonchev–Trinajstić information content (AvgIpc) is 2.37. The number of nitrogens with zero attached hydrogens (tertiary/aromatic N) is 3. The van der Waals surface area contributed by atoms with Crippen molar-refractivity contribution in [3.05, 3.63) is 5.28 Å². The van der Waals surface area contributed by atoms with Gasteiger partial charge in [-0.15, -0.1) is 0 Å². The van der Waals surface area contributed by atoms with Crippen LogP contribution in [-0.2, 0) is 4.74 Å². The van der Waals surface area contributed by atoms with Crippen LogP contribution in [0.1, 0.15) is 34.1 Å². The Labute approximate surface area is 124 Å². The molecule has 0 radical (unpaired) electrons. The summed E-state index contributed by atoms with van der Waals surface area (Å²) in [5, 5.41) is 6.56. The highest BCUT2D eigenvalue weighted by atomic mass is 35.5. The smallest absolute Gasteiger partial charge is 0.229 e. The van der Waals surface area contributed by atoms with E-state index >= 15 is 0 Å². The van der Waals surface area contributed by atoms with Crippen molar-refractivity contribution in [3.8, 4) is 0 Å². The first-order valence-electron chi connectivity index (χ1n) is 7.01. The molecule has 1 aliphatic rings. The van der Waals surface area contributed by atoms with Crippen LogP contribution in [0.25, 0.3) is 0 Å². The maximum absolute atomic E-state index is 5.91. The molecule has 2 atom stereocenters. The molecule has 0 aromatic carbocycles. The van der Waals surface area contributed by atoms with Crippen molar-refractivity contribution >= 4 is 23.5 Å². The lowest BCUT2D eigenvalue weighted by Gasteiger charge is -2.51. The van der Waals surface area contributed by atoms with Crippen LogP contribution >= 0.6 is 11.6 Å². The van der Waals surface area contributed by atoms with Crippen LogP contribution in [-0.4, -0.2) is 40.2 Å². The third-order valence-electron chi connectivity index (χ3n) is 3.79. The third kappa shape index (κ3) is 3.12. The van der Waals surface area contributed by atoms with Crippen molar-refractivity contribution in [1.29, 1.82) is 0 Å². The topological polar surface area (TPSA) is 72.0 Å². The van der Waals surface area contributed by atoms with Crippen LogP contribution in [0, 0.1) is 5.41 Å². The zero-order valence-corrected chi connectivity index (χ0v) is 13.2. The lowest BCUT2D eigenvalue weighted by Crippen LogP contribution is -2.58. The SMILES string of the molecule is CCNc1nc(Cl)nc(NC2CC(OCC)C2(C)C)n1. The van der Waals surface area contributed by atoms with E-state index in [1.165, 1.54) is 0 Å². The molecule has 0 aliphatic heterocycles. The van der Waals surface area contributed by atoms with E-state index in [1.54, 1.807) is 0 Å². The number of hydrogen-bond acceptors (Lipinski definition) is 6. The molecule has 1 aliphatic carbocycles. The minimum atomic E-state index is 0.0491. The van der Waals surface area contributed by atoms with E-state index in [-0.39, 0.29) is 22.8 Å². The highest BCUT2D eigenvalue weighted by molar-refractivity contribution is 6.28. The Bertz CT molecular complexity index is 468. The molecule has 0 bridgehead atoms. The predicted octanol–water partition coefficient (Wildman–Crippen LogP) is 2.57. The van der Waals surface area contributed by atoms with Gasteiger partial charge in [-0.2, -0.15) is 15.0 Å². The van der Waals surface area contributed by atoms with Crippen molar-refractivity contribution in [2.45, 2.75) is 46.3 Å². The number of anilines is 2. The van der Waals surface area contributed by atoms with E-state index in [1.807, 2.05) is 13.8 Å². The zero-order chi connectivity index (χ0) is 14.8. The zero-order valence-electron chi connectivity index (χ0n) is 12.4. The maximum atomic E-state index is 5.91. The standard InChI is InChI=1S/C13H22ClN5O/c1-5-15-11-17-10(14)18-12(19-11)16-8-7-9(20-6-2)13(8,3)4/h8-9H,5-7H2,1-4H3,(H2,15,16,17,18,19). The number of nitrogens with one attached hydrogen (secondary N) is 2. The molecule has 20 heavy (non-hydrogen) atoms. The third-order valence-corrected chi connectivity index (χ3v) is 3.96. The molecule has 2 N–H and O–H groups in total. The van der Waals surface area contributed by atoms with Gasteiger partial charge in [0, 0.05) is 24.6 Å². The molecule has 0 saturated heterocycles. The van der Waals surface area contributed by atoms with Crippen LogP contribution in [0.3, 0.4) is 0 Å². The van der Waals surface area contributed by atoms with Gasteiger partial charge in [-0.25, -0.2) is 0 Å². The lowest BCUT2D eigenvalue weighted by molar-refractivity contribution is -0.0977. The van der Waals surface area contributed by atoms with Crippen LogP contribution in [0.15, 0.2) is 0 Å². The fourth-order valence-electron chi connectivity index (χ4n) is 2.42. The van der Waals surface area contributed by atoms with Crippen molar-refractivity contribution in [2.24, 2.45) is 5.41 Å². The maximum Gasteiger partial charge on any atom is 0.229 e. The molecule has 1 aromatic heterocycles. The van der Waals surface area contributed by atoms with E-state index < -0.39 is 0 Å². The minimum absolute atomic E-state index is 0.0491. The summed E-state index contributed by atoms with van der Waals surface area (Å²) < 4.78 is 5.72. The summed E-state index contributed by atoms with van der Waals surface area (Å²) >= 11 is 5.91. The Morgan fingerprint density at radius 1 is 1.25 bits per heavy atom. The van der Waals surface area contributed by atoms with Gasteiger partial charge in [-0.05, 0) is 31.9 Å². The second-order valence-electron chi connectivity index (χ2n) is 5.48. The quantitative estimate of drug-likeness (QED) is 0.841. The molecule has 6 nitrogen and oxygen atoms in total. The molecule has 112 valence electrons. The largest absolute Gasteiger partial charge is 0.378 e. The molecular weight excluding hydrogens is 278 g/mol. The lowest BCUT2D eigenvalue weighted by atomic mass is 9.64.